The zero-order valence-electron chi connectivity index (χ0n) is 12.5. The molecule has 1 unspecified atom stereocenters. The highest BCUT2D eigenvalue weighted by molar-refractivity contribution is 5.37. The lowest BCUT2D eigenvalue weighted by Gasteiger charge is -2.42. The van der Waals surface area contributed by atoms with Crippen molar-refractivity contribution in [2.75, 3.05) is 0 Å². The van der Waals surface area contributed by atoms with Gasteiger partial charge in [-0.1, -0.05) is 40.7 Å². The van der Waals surface area contributed by atoms with Crippen LogP contribution in [0.5, 0.6) is 0 Å². The number of aryl methyl sites for hydroxylation is 1. The van der Waals surface area contributed by atoms with E-state index in [-0.39, 0.29) is 11.2 Å². The topological polar surface area (TPSA) is 0 Å². The van der Waals surface area contributed by atoms with Crippen LogP contribution in [0.15, 0.2) is 18.2 Å². The van der Waals surface area contributed by atoms with E-state index in [0.29, 0.717) is 5.92 Å². The van der Waals surface area contributed by atoms with Crippen LogP contribution in [0.25, 0.3) is 0 Å². The molecule has 102 valence electrons. The Hall–Kier alpha value is -0.850. The van der Waals surface area contributed by atoms with Crippen molar-refractivity contribution in [3.63, 3.8) is 0 Å². The summed E-state index contributed by atoms with van der Waals surface area (Å²) in [4.78, 5) is 0. The average Bonchev–Trinajstić information content (AvgIpc) is 2.40. The molecule has 0 aliphatic heterocycles. The van der Waals surface area contributed by atoms with E-state index in [1.807, 2.05) is 19.9 Å². The van der Waals surface area contributed by atoms with Crippen molar-refractivity contribution in [3.05, 3.63) is 35.1 Å². The van der Waals surface area contributed by atoms with Crippen LogP contribution in [0.4, 0.5) is 4.39 Å². The van der Waals surface area contributed by atoms with Gasteiger partial charge in [0.05, 0.1) is 0 Å². The van der Waals surface area contributed by atoms with E-state index in [1.165, 1.54) is 24.0 Å². The van der Waals surface area contributed by atoms with Gasteiger partial charge in [-0.2, -0.15) is 0 Å². The first-order chi connectivity index (χ1) is 8.60. The van der Waals surface area contributed by atoms with E-state index < -0.39 is 0 Å². The second kappa shape index (κ2) is 6.36. The smallest absolute Gasteiger partial charge is 0.123 e. The maximum absolute atomic E-state index is 13.4. The lowest BCUT2D eigenvalue weighted by molar-refractivity contribution is 0.252. The van der Waals surface area contributed by atoms with Crippen molar-refractivity contribution in [1.82, 2.24) is 0 Å². The van der Waals surface area contributed by atoms with Crippen molar-refractivity contribution in [1.29, 1.82) is 0 Å². The molecule has 0 fully saturated rings. The standard InChI is InChI=1S/C15H21F.C2H6/c1-4-15(11(2)3)9-5-6-12-7-8-13(16)10-14(12)15;1-2/h7-8,10-11H,4-6,9H2,1-3H3;1-2H3. The highest BCUT2D eigenvalue weighted by atomic mass is 19.1. The SMILES string of the molecule is CC.CCC1(C(C)C)CCCc2ccc(F)cc21. The quantitative estimate of drug-likeness (QED) is 0.651. The molecule has 0 heterocycles. The fourth-order valence-electron chi connectivity index (χ4n) is 3.33. The molecule has 18 heavy (non-hydrogen) atoms. The first-order valence-electron chi connectivity index (χ1n) is 7.39. The van der Waals surface area contributed by atoms with Gasteiger partial charge < -0.3 is 0 Å². The predicted molar refractivity (Wildman–Crippen MR) is 77.5 cm³/mol. The fraction of sp³-hybridized carbons (Fsp3) is 0.647. The van der Waals surface area contributed by atoms with Gasteiger partial charge in [0.1, 0.15) is 5.82 Å². The van der Waals surface area contributed by atoms with Gasteiger partial charge in [-0.3, -0.25) is 0 Å². The second-order valence-corrected chi connectivity index (χ2v) is 5.32. The maximum atomic E-state index is 13.4. The molecule has 1 aromatic rings. The third-order valence-corrected chi connectivity index (χ3v) is 4.41. The van der Waals surface area contributed by atoms with Crippen LogP contribution in [0.2, 0.25) is 0 Å². The summed E-state index contributed by atoms with van der Waals surface area (Å²) in [7, 11) is 0. The summed E-state index contributed by atoms with van der Waals surface area (Å²) < 4.78 is 13.4. The highest BCUT2D eigenvalue weighted by Crippen LogP contribution is 2.45. The van der Waals surface area contributed by atoms with E-state index in [0.717, 1.165) is 12.8 Å². The molecule has 0 nitrogen and oxygen atoms in total. The fourth-order valence-corrected chi connectivity index (χ4v) is 3.33. The third kappa shape index (κ3) is 2.60. The minimum atomic E-state index is -0.0841. The van der Waals surface area contributed by atoms with Crippen LogP contribution in [-0.4, -0.2) is 0 Å². The Bertz CT molecular complexity index is 381. The number of halogens is 1. The number of benzene rings is 1. The van der Waals surface area contributed by atoms with Gasteiger partial charge in [0.25, 0.3) is 0 Å². The van der Waals surface area contributed by atoms with E-state index in [4.69, 9.17) is 0 Å². The summed E-state index contributed by atoms with van der Waals surface area (Å²) in [6.07, 6.45) is 4.67. The number of rotatable bonds is 2. The molecule has 0 N–H and O–H groups in total. The van der Waals surface area contributed by atoms with Gasteiger partial charge in [0.2, 0.25) is 0 Å². The minimum Gasteiger partial charge on any atom is -0.207 e. The largest absolute Gasteiger partial charge is 0.207 e. The summed E-state index contributed by atoms with van der Waals surface area (Å²) in [6.45, 7) is 10.8. The lowest BCUT2D eigenvalue weighted by Crippen LogP contribution is -2.35. The molecular formula is C17H27F. The second-order valence-electron chi connectivity index (χ2n) is 5.32. The molecule has 1 atom stereocenters. The van der Waals surface area contributed by atoms with E-state index in [2.05, 4.69) is 20.8 Å². The van der Waals surface area contributed by atoms with Gasteiger partial charge in [-0.25, -0.2) is 4.39 Å². The first kappa shape index (κ1) is 15.2. The molecule has 0 aromatic heterocycles. The van der Waals surface area contributed by atoms with Crippen LogP contribution < -0.4 is 0 Å². The zero-order chi connectivity index (χ0) is 13.8. The zero-order valence-corrected chi connectivity index (χ0v) is 12.5. The Morgan fingerprint density at radius 3 is 2.50 bits per heavy atom. The molecule has 1 aromatic carbocycles. The van der Waals surface area contributed by atoms with Gasteiger partial charge in [0, 0.05) is 0 Å². The van der Waals surface area contributed by atoms with Crippen LogP contribution in [0.1, 0.15) is 65.0 Å². The Kier molecular flexibility index (Phi) is 5.37. The van der Waals surface area contributed by atoms with Crippen molar-refractivity contribution in [2.24, 2.45) is 5.92 Å². The van der Waals surface area contributed by atoms with E-state index in [1.54, 1.807) is 12.1 Å². The first-order valence-corrected chi connectivity index (χ1v) is 7.39. The molecule has 0 spiro atoms. The van der Waals surface area contributed by atoms with Crippen molar-refractivity contribution in [3.8, 4) is 0 Å². The summed E-state index contributed by atoms with van der Waals surface area (Å²) >= 11 is 0. The Morgan fingerprint density at radius 2 is 1.94 bits per heavy atom. The van der Waals surface area contributed by atoms with Crippen molar-refractivity contribution >= 4 is 0 Å². The Balaban J connectivity index is 0.000000771. The molecule has 1 heteroatoms. The third-order valence-electron chi connectivity index (χ3n) is 4.41. The summed E-state index contributed by atoms with van der Waals surface area (Å²) in [5, 5.41) is 0. The van der Waals surface area contributed by atoms with Crippen molar-refractivity contribution < 1.29 is 4.39 Å². The van der Waals surface area contributed by atoms with Gasteiger partial charge >= 0.3 is 0 Å². The highest BCUT2D eigenvalue weighted by Gasteiger charge is 2.37. The van der Waals surface area contributed by atoms with Gasteiger partial charge in [-0.05, 0) is 60.3 Å². The van der Waals surface area contributed by atoms with Crippen molar-refractivity contribution in [2.45, 2.75) is 65.7 Å². The molecule has 1 aliphatic carbocycles. The summed E-state index contributed by atoms with van der Waals surface area (Å²) in [5.74, 6) is 0.498. The monoisotopic (exact) mass is 250 g/mol. The lowest BCUT2D eigenvalue weighted by atomic mass is 9.62. The van der Waals surface area contributed by atoms with Crippen LogP contribution in [0.3, 0.4) is 0 Å². The normalized spacial score (nSPS) is 22.2. The molecular weight excluding hydrogens is 223 g/mol. The van der Waals surface area contributed by atoms with Crippen LogP contribution in [0, 0.1) is 11.7 Å². The predicted octanol–water partition coefficient (Wildman–Crippen LogP) is 5.49. The molecule has 0 amide bonds. The number of fused-ring (bicyclic) bond motifs is 1. The van der Waals surface area contributed by atoms with Crippen LogP contribution >= 0.6 is 0 Å². The Labute approximate surface area is 112 Å². The number of hydrogen-bond donors (Lipinski definition) is 0. The van der Waals surface area contributed by atoms with E-state index in [9.17, 15) is 4.39 Å². The van der Waals surface area contributed by atoms with Gasteiger partial charge in [-0.15, -0.1) is 0 Å². The molecule has 2 rings (SSSR count). The molecule has 0 radical (unpaired) electrons. The number of hydrogen-bond acceptors (Lipinski definition) is 0. The van der Waals surface area contributed by atoms with Gasteiger partial charge in [0.15, 0.2) is 0 Å². The van der Waals surface area contributed by atoms with Crippen LogP contribution in [-0.2, 0) is 11.8 Å². The maximum Gasteiger partial charge on any atom is 0.123 e. The molecule has 0 bridgehead atoms. The molecule has 0 saturated carbocycles. The Morgan fingerprint density at radius 1 is 1.28 bits per heavy atom. The molecule has 0 saturated heterocycles. The molecule has 1 aliphatic rings. The van der Waals surface area contributed by atoms with E-state index >= 15 is 0 Å². The summed E-state index contributed by atoms with van der Waals surface area (Å²) in [6, 6.07) is 5.36. The average molecular weight is 250 g/mol. The summed E-state index contributed by atoms with van der Waals surface area (Å²) in [5.41, 5.74) is 2.84. The minimum absolute atomic E-state index is 0.0841.